The summed E-state index contributed by atoms with van der Waals surface area (Å²) in [6, 6.07) is 0. The van der Waals surface area contributed by atoms with Gasteiger partial charge in [-0.05, 0) is 20.6 Å². The predicted octanol–water partition coefficient (Wildman–Crippen LogP) is -0.247. The van der Waals surface area contributed by atoms with Crippen LogP contribution >= 0.6 is 0 Å². The van der Waals surface area contributed by atoms with Gasteiger partial charge in [0, 0.05) is 5.79 Å². The molecular weight excluding hydrogens is 140 g/mol. The molecule has 2 nitrogen and oxygen atoms in total. The lowest BCUT2D eigenvalue weighted by Gasteiger charge is -2.23. The fourth-order valence-corrected chi connectivity index (χ4v) is 2.06. The first-order valence-electron chi connectivity index (χ1n) is 3.73. The molecule has 0 aromatic rings. The lowest BCUT2D eigenvalue weighted by molar-refractivity contribution is 0.329. The van der Waals surface area contributed by atoms with Gasteiger partial charge in [0.15, 0.2) is 0 Å². The first-order chi connectivity index (χ1) is 4.72. The molecule has 0 saturated heterocycles. The summed E-state index contributed by atoms with van der Waals surface area (Å²) in [5, 5.41) is 3.40. The molecule has 0 aromatic carbocycles. The first kappa shape index (κ1) is 9.88. The molecule has 10 heavy (non-hydrogen) atoms. The molecule has 1 atom stereocenters. The quantitative estimate of drug-likeness (QED) is 0.439. The van der Waals surface area contributed by atoms with Gasteiger partial charge < -0.3 is 5.32 Å². The zero-order valence-corrected chi connectivity index (χ0v) is 8.64. The maximum atomic E-state index is 3.76. The average Bonchev–Trinajstić information content (AvgIpc) is 1.87. The molecule has 0 rings (SSSR count). The molecule has 0 heterocycles. The zero-order chi connectivity index (χ0) is 7.98. The van der Waals surface area contributed by atoms with Crippen molar-refractivity contribution in [3.63, 3.8) is 0 Å². The fraction of sp³-hybridized carbons (Fsp3) is 0.714. The van der Waals surface area contributed by atoms with E-state index in [2.05, 4.69) is 43.5 Å². The summed E-state index contributed by atoms with van der Waals surface area (Å²) in [4.78, 5) is 2.22. The highest BCUT2D eigenvalue weighted by Gasteiger charge is 2.05. The molecule has 0 aliphatic carbocycles. The second-order valence-corrected chi connectivity index (χ2v) is 4.38. The van der Waals surface area contributed by atoms with Crippen molar-refractivity contribution in [1.82, 2.24) is 10.2 Å². The highest BCUT2D eigenvalue weighted by atomic mass is 28.2. The van der Waals surface area contributed by atoms with Crippen LogP contribution in [0.2, 0.25) is 0 Å². The highest BCUT2D eigenvalue weighted by Crippen LogP contribution is 1.85. The lowest BCUT2D eigenvalue weighted by atomic mass is 10.7. The van der Waals surface area contributed by atoms with Gasteiger partial charge in [-0.2, -0.15) is 0 Å². The standard InChI is InChI=1S/C7H18N2Si/c1-5-8-7(9(3)4)10-6-2/h6-8H,2,5,10H2,1,3-4H3. The molecule has 0 spiro atoms. The first-order valence-corrected chi connectivity index (χ1v) is 5.36. The number of hydrogen-bond acceptors (Lipinski definition) is 2. The van der Waals surface area contributed by atoms with E-state index in [0.29, 0.717) is 5.79 Å². The van der Waals surface area contributed by atoms with Crippen molar-refractivity contribution in [2.45, 2.75) is 12.7 Å². The topological polar surface area (TPSA) is 15.3 Å². The van der Waals surface area contributed by atoms with E-state index in [1.54, 1.807) is 0 Å². The maximum absolute atomic E-state index is 3.76. The van der Waals surface area contributed by atoms with E-state index in [-0.39, 0.29) is 9.52 Å². The molecule has 0 aliphatic rings. The SMILES string of the molecule is C=C[SiH2]C(NCC)N(C)C. The molecule has 0 amide bonds. The van der Waals surface area contributed by atoms with E-state index in [4.69, 9.17) is 0 Å². The molecule has 60 valence electrons. The van der Waals surface area contributed by atoms with E-state index >= 15 is 0 Å². The lowest BCUT2D eigenvalue weighted by Crippen LogP contribution is -2.45. The third-order valence-electron chi connectivity index (χ3n) is 1.45. The van der Waals surface area contributed by atoms with Crippen LogP contribution in [0.4, 0.5) is 0 Å². The van der Waals surface area contributed by atoms with Crippen molar-refractivity contribution >= 4 is 9.52 Å². The molecule has 0 saturated carbocycles. The Balaban J connectivity index is 3.60. The van der Waals surface area contributed by atoms with Crippen LogP contribution in [0.3, 0.4) is 0 Å². The number of nitrogens with one attached hydrogen (secondary N) is 1. The van der Waals surface area contributed by atoms with Crippen LogP contribution in [0.25, 0.3) is 0 Å². The van der Waals surface area contributed by atoms with E-state index in [0.717, 1.165) is 6.54 Å². The van der Waals surface area contributed by atoms with Gasteiger partial charge in [-0.15, -0.1) is 12.3 Å². The Labute approximate surface area is 66.1 Å². The van der Waals surface area contributed by atoms with Gasteiger partial charge in [0.2, 0.25) is 0 Å². The minimum absolute atomic E-state index is 0.144. The minimum Gasteiger partial charge on any atom is -0.305 e. The molecule has 0 aliphatic heterocycles. The molecule has 0 aromatic heterocycles. The molecule has 1 unspecified atom stereocenters. The largest absolute Gasteiger partial charge is 0.305 e. The van der Waals surface area contributed by atoms with Crippen molar-refractivity contribution in [1.29, 1.82) is 0 Å². The van der Waals surface area contributed by atoms with Crippen LogP contribution in [0.15, 0.2) is 12.3 Å². The van der Waals surface area contributed by atoms with E-state index in [9.17, 15) is 0 Å². The van der Waals surface area contributed by atoms with Crippen molar-refractivity contribution in [3.05, 3.63) is 12.3 Å². The number of rotatable bonds is 5. The van der Waals surface area contributed by atoms with Gasteiger partial charge >= 0.3 is 0 Å². The summed E-state index contributed by atoms with van der Waals surface area (Å²) >= 11 is 0. The van der Waals surface area contributed by atoms with Crippen molar-refractivity contribution in [2.24, 2.45) is 0 Å². The van der Waals surface area contributed by atoms with Gasteiger partial charge in [-0.25, -0.2) is 0 Å². The predicted molar refractivity (Wildman–Crippen MR) is 49.9 cm³/mol. The second-order valence-electron chi connectivity index (χ2n) is 2.56. The Morgan fingerprint density at radius 2 is 2.30 bits per heavy atom. The van der Waals surface area contributed by atoms with Crippen molar-refractivity contribution in [2.75, 3.05) is 20.6 Å². The van der Waals surface area contributed by atoms with Crippen LogP contribution < -0.4 is 5.32 Å². The third-order valence-corrected chi connectivity index (χ3v) is 3.25. The van der Waals surface area contributed by atoms with Crippen molar-refractivity contribution in [3.8, 4) is 0 Å². The summed E-state index contributed by atoms with van der Waals surface area (Å²) in [5.74, 6) is 0.586. The average molecular weight is 158 g/mol. The van der Waals surface area contributed by atoms with Crippen LogP contribution in [0.1, 0.15) is 6.92 Å². The van der Waals surface area contributed by atoms with Crippen molar-refractivity contribution < 1.29 is 0 Å². The molecule has 0 radical (unpaired) electrons. The van der Waals surface area contributed by atoms with Crippen LogP contribution in [-0.4, -0.2) is 40.8 Å². The van der Waals surface area contributed by atoms with Crippen LogP contribution in [0, 0.1) is 0 Å². The molecule has 0 fully saturated rings. The van der Waals surface area contributed by atoms with Crippen LogP contribution in [0.5, 0.6) is 0 Å². The maximum Gasteiger partial charge on any atom is 0.0820 e. The van der Waals surface area contributed by atoms with E-state index in [1.807, 2.05) is 0 Å². The normalized spacial score (nSPS) is 14.8. The van der Waals surface area contributed by atoms with Gasteiger partial charge in [0.1, 0.15) is 0 Å². The summed E-state index contributed by atoms with van der Waals surface area (Å²) in [6.07, 6.45) is 0. The summed E-state index contributed by atoms with van der Waals surface area (Å²) < 4.78 is 0. The fourth-order valence-electron chi connectivity index (χ4n) is 0.870. The number of nitrogens with zero attached hydrogens (tertiary/aromatic N) is 1. The number of hydrogen-bond donors (Lipinski definition) is 1. The smallest absolute Gasteiger partial charge is 0.0820 e. The molecule has 0 bridgehead atoms. The van der Waals surface area contributed by atoms with E-state index in [1.165, 1.54) is 0 Å². The van der Waals surface area contributed by atoms with Gasteiger partial charge in [0.05, 0.1) is 9.52 Å². The summed E-state index contributed by atoms with van der Waals surface area (Å²) in [6.45, 7) is 6.94. The Morgan fingerprint density at radius 3 is 2.60 bits per heavy atom. The molecule has 1 N–H and O–H groups in total. The highest BCUT2D eigenvalue weighted by molar-refractivity contribution is 6.43. The Kier molecular flexibility index (Phi) is 5.58. The Bertz CT molecular complexity index is 93.6. The molecular formula is C7H18N2Si. The third kappa shape index (κ3) is 3.82. The monoisotopic (exact) mass is 158 g/mol. The Hall–Kier alpha value is -0.123. The van der Waals surface area contributed by atoms with Crippen LogP contribution in [-0.2, 0) is 0 Å². The Morgan fingerprint density at radius 1 is 1.70 bits per heavy atom. The zero-order valence-electron chi connectivity index (χ0n) is 7.22. The summed E-state index contributed by atoms with van der Waals surface area (Å²) in [5.41, 5.74) is 2.08. The van der Waals surface area contributed by atoms with Gasteiger partial charge in [-0.1, -0.05) is 6.92 Å². The second kappa shape index (κ2) is 5.65. The van der Waals surface area contributed by atoms with Gasteiger partial charge in [0.25, 0.3) is 0 Å². The molecule has 3 heteroatoms. The minimum atomic E-state index is -0.144. The summed E-state index contributed by atoms with van der Waals surface area (Å²) in [7, 11) is 4.06. The van der Waals surface area contributed by atoms with Gasteiger partial charge in [-0.3, -0.25) is 4.90 Å². The van der Waals surface area contributed by atoms with E-state index < -0.39 is 0 Å².